The molecule has 9 nitrogen and oxygen atoms in total. The Kier molecular flexibility index (Phi) is 8.21. The number of aliphatic hydroxyl groups excluding tert-OH is 1. The number of aromatic amines is 1. The highest BCUT2D eigenvalue weighted by atomic mass is 16.5. The van der Waals surface area contributed by atoms with Crippen LogP contribution in [0.5, 0.6) is 0 Å². The van der Waals surface area contributed by atoms with Crippen molar-refractivity contribution >= 4 is 23.0 Å². The van der Waals surface area contributed by atoms with Crippen molar-refractivity contribution in [3.05, 3.63) is 52.4 Å². The summed E-state index contributed by atoms with van der Waals surface area (Å²) in [5.41, 5.74) is 1.97. The molecule has 0 bridgehead atoms. The lowest BCUT2D eigenvalue weighted by Crippen LogP contribution is -2.47. The standard InChI is InChI=1S/C25H35N5O4/c1-34-21-8-4-18(5-9-21)27-22-10-11-26-24(32)23(22)25(33)28-19-2-6-20(7-3-19)30-14-12-29(13-15-30)16-17-31/h2-3,6-7,10-11,18,21,31H,4-5,8-9,12-17H2,1H3,(H,28,33)(H2,26,27,32). The van der Waals surface area contributed by atoms with Crippen molar-refractivity contribution in [1.29, 1.82) is 0 Å². The highest BCUT2D eigenvalue weighted by Crippen LogP contribution is 2.25. The van der Waals surface area contributed by atoms with Gasteiger partial charge >= 0.3 is 0 Å². The van der Waals surface area contributed by atoms with Crippen LogP contribution in [0.15, 0.2) is 41.3 Å². The summed E-state index contributed by atoms with van der Waals surface area (Å²) in [6, 6.07) is 9.66. The van der Waals surface area contributed by atoms with Gasteiger partial charge in [0.15, 0.2) is 0 Å². The molecule has 2 aliphatic rings. The van der Waals surface area contributed by atoms with Gasteiger partial charge in [0.1, 0.15) is 5.56 Å². The number of methoxy groups -OCH3 is 1. The zero-order valence-electron chi connectivity index (χ0n) is 19.8. The number of carbonyl (C=O) groups is 1. The van der Waals surface area contributed by atoms with Gasteiger partial charge < -0.3 is 30.4 Å². The first-order valence-electron chi connectivity index (χ1n) is 12.1. The number of pyridine rings is 1. The van der Waals surface area contributed by atoms with Crippen LogP contribution in [0.1, 0.15) is 36.0 Å². The molecule has 4 rings (SSSR count). The van der Waals surface area contributed by atoms with Crippen LogP contribution in [0, 0.1) is 0 Å². The molecule has 1 aliphatic carbocycles. The Hall–Kier alpha value is -2.88. The third-order valence-corrected chi connectivity index (χ3v) is 6.83. The minimum atomic E-state index is -0.430. The molecule has 2 heterocycles. The fourth-order valence-electron chi connectivity index (χ4n) is 4.81. The molecule has 0 atom stereocenters. The van der Waals surface area contributed by atoms with Crippen LogP contribution in [0.2, 0.25) is 0 Å². The van der Waals surface area contributed by atoms with Gasteiger partial charge in [-0.3, -0.25) is 14.5 Å². The summed E-state index contributed by atoms with van der Waals surface area (Å²) in [5.74, 6) is -0.430. The Morgan fingerprint density at radius 2 is 1.79 bits per heavy atom. The molecule has 1 aromatic heterocycles. The second-order valence-electron chi connectivity index (χ2n) is 9.00. The summed E-state index contributed by atoms with van der Waals surface area (Å²) in [5, 5.41) is 15.4. The number of rotatable bonds is 8. The molecule has 1 saturated carbocycles. The SMILES string of the molecule is COC1CCC(Nc2cc[nH]c(=O)c2C(=O)Nc2ccc(N3CCN(CCO)CC3)cc2)CC1. The summed E-state index contributed by atoms with van der Waals surface area (Å²) in [7, 11) is 1.74. The molecule has 2 aromatic rings. The first-order chi connectivity index (χ1) is 16.6. The molecule has 0 spiro atoms. The maximum Gasteiger partial charge on any atom is 0.263 e. The lowest BCUT2D eigenvalue weighted by atomic mass is 9.92. The Labute approximate surface area is 200 Å². The number of hydrogen-bond acceptors (Lipinski definition) is 7. The quantitative estimate of drug-likeness (QED) is 0.469. The molecule has 1 saturated heterocycles. The van der Waals surface area contributed by atoms with Gasteiger partial charge in [0.2, 0.25) is 0 Å². The first-order valence-corrected chi connectivity index (χ1v) is 12.1. The second kappa shape index (κ2) is 11.5. The van der Waals surface area contributed by atoms with Gasteiger partial charge in [-0.2, -0.15) is 0 Å². The van der Waals surface area contributed by atoms with Crippen LogP contribution in [0.3, 0.4) is 0 Å². The minimum Gasteiger partial charge on any atom is -0.395 e. The topological polar surface area (TPSA) is 110 Å². The number of β-amino-alcohol motifs (C(OH)–C–C–N with tert-alkyl or cyclic N) is 1. The van der Waals surface area contributed by atoms with E-state index in [0.29, 0.717) is 17.9 Å². The van der Waals surface area contributed by atoms with E-state index in [4.69, 9.17) is 9.84 Å². The van der Waals surface area contributed by atoms with Crippen molar-refractivity contribution in [2.45, 2.75) is 37.8 Å². The molecule has 0 unspecified atom stereocenters. The predicted octanol–water partition coefficient (Wildman–Crippen LogP) is 2.11. The van der Waals surface area contributed by atoms with Crippen molar-refractivity contribution in [2.75, 3.05) is 62.0 Å². The van der Waals surface area contributed by atoms with Crippen molar-refractivity contribution in [3.63, 3.8) is 0 Å². The number of amides is 1. The smallest absolute Gasteiger partial charge is 0.263 e. The fourth-order valence-corrected chi connectivity index (χ4v) is 4.81. The number of nitrogens with zero attached hydrogens (tertiary/aromatic N) is 2. The molecule has 4 N–H and O–H groups in total. The Balaban J connectivity index is 1.38. The molecule has 2 fully saturated rings. The van der Waals surface area contributed by atoms with Crippen molar-refractivity contribution in [1.82, 2.24) is 9.88 Å². The summed E-state index contributed by atoms with van der Waals surface area (Å²) in [6.07, 6.45) is 5.64. The molecule has 1 aliphatic heterocycles. The normalized spacial score (nSPS) is 21.3. The third kappa shape index (κ3) is 5.97. The van der Waals surface area contributed by atoms with Crippen LogP contribution in [-0.4, -0.2) is 79.5 Å². The number of anilines is 3. The van der Waals surface area contributed by atoms with E-state index in [9.17, 15) is 9.59 Å². The van der Waals surface area contributed by atoms with E-state index in [1.54, 1.807) is 19.4 Å². The van der Waals surface area contributed by atoms with Gasteiger partial charge in [0.25, 0.3) is 11.5 Å². The van der Waals surface area contributed by atoms with Gasteiger partial charge in [-0.15, -0.1) is 0 Å². The maximum atomic E-state index is 13.1. The minimum absolute atomic E-state index is 0.0976. The van der Waals surface area contributed by atoms with Crippen molar-refractivity contribution < 1.29 is 14.6 Å². The lowest BCUT2D eigenvalue weighted by molar-refractivity contribution is 0.0681. The van der Waals surface area contributed by atoms with E-state index >= 15 is 0 Å². The fraction of sp³-hybridized carbons (Fsp3) is 0.520. The van der Waals surface area contributed by atoms with Gasteiger partial charge in [-0.1, -0.05) is 0 Å². The molecule has 184 valence electrons. The zero-order chi connectivity index (χ0) is 23.9. The van der Waals surface area contributed by atoms with E-state index in [-0.39, 0.29) is 24.3 Å². The summed E-state index contributed by atoms with van der Waals surface area (Å²) in [4.78, 5) is 32.8. The number of nitrogens with one attached hydrogen (secondary N) is 3. The summed E-state index contributed by atoms with van der Waals surface area (Å²) < 4.78 is 5.44. The van der Waals surface area contributed by atoms with E-state index in [1.807, 2.05) is 24.3 Å². The van der Waals surface area contributed by atoms with Crippen LogP contribution < -0.4 is 21.1 Å². The number of aromatic nitrogens is 1. The van der Waals surface area contributed by atoms with E-state index in [1.165, 1.54) is 0 Å². The molecular formula is C25H35N5O4. The third-order valence-electron chi connectivity index (χ3n) is 6.83. The molecule has 9 heteroatoms. The van der Waals surface area contributed by atoms with Gasteiger partial charge in [0.05, 0.1) is 18.4 Å². The van der Waals surface area contributed by atoms with Gasteiger partial charge in [0, 0.05) is 63.4 Å². The van der Waals surface area contributed by atoms with Crippen molar-refractivity contribution in [2.24, 2.45) is 0 Å². The number of benzene rings is 1. The Morgan fingerprint density at radius 3 is 2.44 bits per heavy atom. The van der Waals surface area contributed by atoms with Gasteiger partial charge in [-0.05, 0) is 56.0 Å². The second-order valence-corrected chi connectivity index (χ2v) is 9.00. The molecule has 1 amide bonds. The van der Waals surface area contributed by atoms with Crippen molar-refractivity contribution in [3.8, 4) is 0 Å². The van der Waals surface area contributed by atoms with E-state index in [0.717, 1.165) is 57.5 Å². The highest BCUT2D eigenvalue weighted by molar-refractivity contribution is 6.07. The number of hydrogen-bond donors (Lipinski definition) is 4. The van der Waals surface area contributed by atoms with E-state index < -0.39 is 11.5 Å². The van der Waals surface area contributed by atoms with Gasteiger partial charge in [-0.25, -0.2) is 0 Å². The molecular weight excluding hydrogens is 434 g/mol. The number of carbonyl (C=O) groups excluding carboxylic acids is 1. The van der Waals surface area contributed by atoms with E-state index in [2.05, 4.69) is 25.4 Å². The average molecular weight is 470 g/mol. The summed E-state index contributed by atoms with van der Waals surface area (Å²) >= 11 is 0. The summed E-state index contributed by atoms with van der Waals surface area (Å²) in [6.45, 7) is 4.52. The maximum absolute atomic E-state index is 13.1. The Morgan fingerprint density at radius 1 is 1.09 bits per heavy atom. The van der Waals surface area contributed by atoms with Crippen LogP contribution in [-0.2, 0) is 4.74 Å². The predicted molar refractivity (Wildman–Crippen MR) is 134 cm³/mol. The largest absolute Gasteiger partial charge is 0.395 e. The molecule has 0 radical (unpaired) electrons. The number of aliphatic hydroxyl groups is 1. The molecule has 34 heavy (non-hydrogen) atoms. The number of piperazine rings is 1. The highest BCUT2D eigenvalue weighted by Gasteiger charge is 2.24. The average Bonchev–Trinajstić information content (AvgIpc) is 2.86. The number of ether oxygens (including phenoxy) is 1. The lowest BCUT2D eigenvalue weighted by Gasteiger charge is -2.35. The number of H-pyrrole nitrogens is 1. The Bertz CT molecular complexity index is 993. The van der Waals surface area contributed by atoms with Crippen LogP contribution in [0.25, 0.3) is 0 Å². The van der Waals surface area contributed by atoms with Crippen LogP contribution >= 0.6 is 0 Å². The first kappa shape index (κ1) is 24.3. The van der Waals surface area contributed by atoms with Crippen LogP contribution in [0.4, 0.5) is 17.1 Å². The zero-order valence-corrected chi connectivity index (χ0v) is 19.8. The molecule has 1 aromatic carbocycles. The monoisotopic (exact) mass is 469 g/mol.